The number of aryl methyl sites for hydroxylation is 1. The van der Waals surface area contributed by atoms with E-state index in [-0.39, 0.29) is 19.9 Å². The maximum absolute atomic E-state index is 11.4. The van der Waals surface area contributed by atoms with Gasteiger partial charge in [-0.15, -0.1) is 0 Å². The molecule has 0 aliphatic rings. The third-order valence-electron chi connectivity index (χ3n) is 3.93. The highest BCUT2D eigenvalue weighted by Crippen LogP contribution is 2.15. The van der Waals surface area contributed by atoms with E-state index in [2.05, 4.69) is 35.4 Å². The van der Waals surface area contributed by atoms with E-state index in [0.717, 1.165) is 0 Å². The van der Waals surface area contributed by atoms with Crippen LogP contribution in [0.2, 0.25) is 0 Å². The van der Waals surface area contributed by atoms with Gasteiger partial charge in [0.05, 0.1) is 12.1 Å². The van der Waals surface area contributed by atoms with Gasteiger partial charge in [0.2, 0.25) is 11.8 Å². The Balaban J connectivity index is 0.000000432. The number of rotatable bonds is 5. The fourth-order valence-electron chi connectivity index (χ4n) is 2.13. The summed E-state index contributed by atoms with van der Waals surface area (Å²) in [5.41, 5.74) is 12.3. The molecule has 0 aliphatic heterocycles. The summed E-state index contributed by atoms with van der Waals surface area (Å²) in [6, 6.07) is 8.31. The summed E-state index contributed by atoms with van der Waals surface area (Å²) in [6.07, 6.45) is 3.10. The molecule has 6 N–H and O–H groups in total. The second-order valence-corrected chi connectivity index (χ2v) is 5.53. The number of amides is 2. The molecule has 2 aromatic rings. The predicted octanol–water partition coefficient (Wildman–Crippen LogP) is 2.22. The molecule has 0 saturated heterocycles. The zero-order valence-electron chi connectivity index (χ0n) is 14.0. The zero-order chi connectivity index (χ0) is 17.5. The molecule has 2 amide bonds. The molecule has 6 heteroatoms. The van der Waals surface area contributed by atoms with Crippen LogP contribution in [0.1, 0.15) is 39.7 Å². The van der Waals surface area contributed by atoms with Crippen molar-refractivity contribution in [1.82, 2.24) is 10.3 Å². The van der Waals surface area contributed by atoms with Crippen LogP contribution in [0, 0.1) is 6.92 Å². The topological polar surface area (TPSA) is 114 Å². The molecule has 0 bridgehead atoms. The first-order valence-corrected chi connectivity index (χ1v) is 7.72. The molecule has 1 heterocycles. The monoisotopic (exact) mass is 334 g/mol. The van der Waals surface area contributed by atoms with Gasteiger partial charge in [-0.05, 0) is 31.4 Å². The number of fused-ring (bicyclic) bond motifs is 1. The molecule has 0 unspecified atom stereocenters. The van der Waals surface area contributed by atoms with Crippen LogP contribution in [0.25, 0.3) is 10.9 Å². The number of benzene rings is 1. The minimum absolute atomic E-state index is 0. The lowest BCUT2D eigenvalue weighted by Gasteiger charge is -2.24. The second-order valence-electron chi connectivity index (χ2n) is 5.53. The maximum atomic E-state index is 11.4. The Labute approximate surface area is 144 Å². The molecule has 24 heavy (non-hydrogen) atoms. The molecule has 6 nitrogen and oxygen atoms in total. The van der Waals surface area contributed by atoms with E-state index < -0.39 is 11.4 Å². The van der Waals surface area contributed by atoms with Gasteiger partial charge in [-0.2, -0.15) is 0 Å². The first-order valence-electron chi connectivity index (χ1n) is 7.72. The quantitative estimate of drug-likeness (QED) is 0.672. The normalized spacial score (nSPS) is 10.3. The van der Waals surface area contributed by atoms with Crippen LogP contribution in [0.15, 0.2) is 30.5 Å². The van der Waals surface area contributed by atoms with E-state index >= 15 is 0 Å². The molecule has 1 aromatic carbocycles. The number of hydrogen-bond donors (Lipinski definition) is 4. The third-order valence-corrected chi connectivity index (χ3v) is 3.93. The van der Waals surface area contributed by atoms with Crippen LogP contribution in [0.3, 0.4) is 0 Å². The molecule has 0 fully saturated rings. The van der Waals surface area contributed by atoms with Gasteiger partial charge in [0.25, 0.3) is 0 Å². The van der Waals surface area contributed by atoms with E-state index in [0.29, 0.717) is 12.8 Å². The molecule has 0 aliphatic carbocycles. The van der Waals surface area contributed by atoms with Gasteiger partial charge < -0.3 is 21.8 Å². The van der Waals surface area contributed by atoms with Crippen molar-refractivity contribution in [3.63, 3.8) is 0 Å². The fraction of sp³-hybridized carbons (Fsp3) is 0.444. The van der Waals surface area contributed by atoms with Crippen LogP contribution in [0.4, 0.5) is 0 Å². The number of carbonyl (C=O) groups excluding carboxylic acids is 2. The Morgan fingerprint density at radius 2 is 1.79 bits per heavy atom. The van der Waals surface area contributed by atoms with Gasteiger partial charge in [-0.3, -0.25) is 9.59 Å². The van der Waals surface area contributed by atoms with Crippen molar-refractivity contribution in [3.05, 3.63) is 36.0 Å². The second kappa shape index (κ2) is 9.72. The molecule has 0 radical (unpaired) electrons. The summed E-state index contributed by atoms with van der Waals surface area (Å²) in [7, 11) is 0. The predicted molar refractivity (Wildman–Crippen MR) is 99.5 cm³/mol. The average Bonchev–Trinajstić information content (AvgIpc) is 2.94. The highest BCUT2D eigenvalue weighted by Gasteiger charge is 2.29. The number of H-pyrrole nitrogens is 1. The number of carbonyl (C=O) groups is 2. The van der Waals surface area contributed by atoms with Crippen molar-refractivity contribution >= 4 is 22.7 Å². The molecule has 2 rings (SSSR count). The number of primary amides is 1. The molecular weight excluding hydrogens is 304 g/mol. The van der Waals surface area contributed by atoms with Gasteiger partial charge in [-0.1, -0.05) is 39.5 Å². The number of aromatic amines is 1. The first kappa shape index (κ1) is 21.7. The van der Waals surface area contributed by atoms with Crippen molar-refractivity contribution in [3.8, 4) is 0 Å². The van der Waals surface area contributed by atoms with E-state index in [1.807, 2.05) is 26.1 Å². The molecule has 0 atom stereocenters. The number of nitrogens with one attached hydrogen (secondary N) is 2. The summed E-state index contributed by atoms with van der Waals surface area (Å²) in [5, 5.41) is 3.71. The van der Waals surface area contributed by atoms with Crippen molar-refractivity contribution in [2.75, 3.05) is 6.54 Å². The van der Waals surface area contributed by atoms with Gasteiger partial charge >= 0.3 is 0 Å². The van der Waals surface area contributed by atoms with Crippen molar-refractivity contribution in [2.24, 2.45) is 11.5 Å². The van der Waals surface area contributed by atoms with Gasteiger partial charge in [-0.25, -0.2) is 0 Å². The lowest BCUT2D eigenvalue weighted by molar-refractivity contribution is -0.129. The number of nitrogens with two attached hydrogens (primary N) is 2. The molecular formula is C18H30N4O2. The van der Waals surface area contributed by atoms with E-state index in [4.69, 9.17) is 11.5 Å². The maximum Gasteiger partial charge on any atom is 0.240 e. The number of hydrogen-bond acceptors (Lipinski definition) is 3. The SMILES string of the molecule is C.CCC(N)(CC)C(=O)NCC(N)=O.Cc1c[nH]c2ccccc12. The Morgan fingerprint density at radius 3 is 2.29 bits per heavy atom. The zero-order valence-corrected chi connectivity index (χ0v) is 14.0. The van der Waals surface area contributed by atoms with Gasteiger partial charge in [0, 0.05) is 17.1 Å². The molecule has 0 spiro atoms. The standard InChI is InChI=1S/C9H9N.C8H17N3O2.CH4/c1-7-6-10-9-5-3-2-4-8(7)9;1-3-8(10,4-2)7(13)11-5-6(9)12;/h2-6,10H,1H3;3-5,10H2,1-2H3,(H2,9,12)(H,11,13);1H4. The van der Waals surface area contributed by atoms with E-state index in [1.165, 1.54) is 16.5 Å². The fourth-order valence-corrected chi connectivity index (χ4v) is 2.13. The first-order chi connectivity index (χ1) is 10.8. The van der Waals surface area contributed by atoms with Crippen LogP contribution in [0.5, 0.6) is 0 Å². The molecule has 0 saturated carbocycles. The Hall–Kier alpha value is -2.34. The molecule has 134 valence electrons. The lowest BCUT2D eigenvalue weighted by atomic mass is 9.93. The Bertz CT molecular complexity index is 660. The number of para-hydroxylation sites is 1. The van der Waals surface area contributed by atoms with Crippen LogP contribution in [-0.4, -0.2) is 28.9 Å². The van der Waals surface area contributed by atoms with Crippen molar-refractivity contribution in [2.45, 2.75) is 46.6 Å². The third kappa shape index (κ3) is 5.70. The highest BCUT2D eigenvalue weighted by atomic mass is 16.2. The number of aromatic nitrogens is 1. The summed E-state index contributed by atoms with van der Waals surface area (Å²) in [6.45, 7) is 5.61. The van der Waals surface area contributed by atoms with Crippen molar-refractivity contribution in [1.29, 1.82) is 0 Å². The Kier molecular flexibility index (Phi) is 8.77. The van der Waals surface area contributed by atoms with Gasteiger partial charge in [0.15, 0.2) is 0 Å². The van der Waals surface area contributed by atoms with E-state index in [9.17, 15) is 9.59 Å². The smallest absolute Gasteiger partial charge is 0.240 e. The highest BCUT2D eigenvalue weighted by molar-refractivity contribution is 5.89. The summed E-state index contributed by atoms with van der Waals surface area (Å²) >= 11 is 0. The summed E-state index contributed by atoms with van der Waals surface area (Å²) in [4.78, 5) is 24.9. The summed E-state index contributed by atoms with van der Waals surface area (Å²) in [5.74, 6) is -0.890. The van der Waals surface area contributed by atoms with Gasteiger partial charge in [0.1, 0.15) is 0 Å². The van der Waals surface area contributed by atoms with Crippen molar-refractivity contribution < 1.29 is 9.59 Å². The minimum Gasteiger partial charge on any atom is -0.368 e. The lowest BCUT2D eigenvalue weighted by Crippen LogP contribution is -2.54. The Morgan fingerprint density at radius 1 is 1.21 bits per heavy atom. The van der Waals surface area contributed by atoms with Crippen LogP contribution >= 0.6 is 0 Å². The van der Waals surface area contributed by atoms with E-state index in [1.54, 1.807) is 0 Å². The van der Waals surface area contributed by atoms with Crippen LogP contribution in [-0.2, 0) is 9.59 Å². The largest absolute Gasteiger partial charge is 0.368 e. The minimum atomic E-state index is -0.880. The average molecular weight is 334 g/mol. The molecule has 1 aromatic heterocycles. The summed E-state index contributed by atoms with van der Waals surface area (Å²) < 4.78 is 0. The van der Waals surface area contributed by atoms with Crippen LogP contribution < -0.4 is 16.8 Å².